The van der Waals surface area contributed by atoms with Crippen LogP contribution in [0.2, 0.25) is 0 Å². The van der Waals surface area contributed by atoms with E-state index in [4.69, 9.17) is 4.74 Å². The maximum Gasteiger partial charge on any atom is 0.308 e. The van der Waals surface area contributed by atoms with Gasteiger partial charge >= 0.3 is 5.97 Å². The molecule has 4 rings (SSSR count). The molecule has 0 amide bonds. The summed E-state index contributed by atoms with van der Waals surface area (Å²) in [5, 5.41) is 15.5. The number of nitrogens with zero attached hydrogens (tertiary/aromatic N) is 3. The van der Waals surface area contributed by atoms with Crippen molar-refractivity contribution in [3.8, 4) is 10.4 Å². The maximum atomic E-state index is 12.2. The van der Waals surface area contributed by atoms with Crippen molar-refractivity contribution in [1.29, 1.82) is 0 Å². The molecule has 2 heterocycles. The van der Waals surface area contributed by atoms with Gasteiger partial charge in [0.05, 0.1) is 17.4 Å². The van der Waals surface area contributed by atoms with E-state index < -0.39 is 5.60 Å². The van der Waals surface area contributed by atoms with Crippen molar-refractivity contribution in [2.45, 2.75) is 52.6 Å². The summed E-state index contributed by atoms with van der Waals surface area (Å²) in [7, 11) is 0. The molecule has 1 aliphatic carbocycles. The molecule has 0 radical (unpaired) electrons. The number of hydrogen-bond donors (Lipinski definition) is 2. The van der Waals surface area contributed by atoms with Crippen LogP contribution in [0.3, 0.4) is 0 Å². The van der Waals surface area contributed by atoms with Crippen LogP contribution in [0.5, 0.6) is 0 Å². The topological polar surface area (TPSA) is 97.2 Å². The van der Waals surface area contributed by atoms with Crippen LogP contribution in [0.1, 0.15) is 49.4 Å². The van der Waals surface area contributed by atoms with Crippen molar-refractivity contribution in [1.82, 2.24) is 15.0 Å². The predicted octanol–water partition coefficient (Wildman–Crippen LogP) is 5.15. The van der Waals surface area contributed by atoms with Crippen molar-refractivity contribution in [2.75, 3.05) is 11.9 Å². The molecule has 0 bridgehead atoms. The van der Waals surface area contributed by atoms with E-state index in [0.29, 0.717) is 36.8 Å². The monoisotopic (exact) mass is 466 g/mol. The highest BCUT2D eigenvalue weighted by Crippen LogP contribution is 2.46. The lowest BCUT2D eigenvalue weighted by molar-refractivity contribution is -0.153. The SMILES string of the molecule is CCOC(=O)C1CCC(O)(c2ncc(-c3cc(C)cc(Nc4nccc(C)n4)c3)s2)C(C)C1. The Morgan fingerprint density at radius 2 is 2.12 bits per heavy atom. The van der Waals surface area contributed by atoms with Gasteiger partial charge in [0.15, 0.2) is 0 Å². The second-order valence-corrected chi connectivity index (χ2v) is 9.84. The normalized spacial score (nSPS) is 22.7. The van der Waals surface area contributed by atoms with E-state index in [0.717, 1.165) is 27.4 Å². The molecule has 3 unspecified atom stereocenters. The molecular weight excluding hydrogens is 436 g/mol. The van der Waals surface area contributed by atoms with Crippen LogP contribution in [-0.2, 0) is 15.1 Å². The standard InChI is InChI=1S/C25H30N4O3S/c1-5-32-22(30)18-6-8-25(31,16(3)12-18)23-27-14-21(33-23)19-10-15(2)11-20(13-19)29-24-26-9-7-17(4)28-24/h7,9-11,13-14,16,18,31H,5-6,8,12H2,1-4H3,(H,26,28,29). The van der Waals surface area contributed by atoms with Crippen LogP contribution >= 0.6 is 11.3 Å². The van der Waals surface area contributed by atoms with Crippen LogP contribution in [0.15, 0.2) is 36.7 Å². The van der Waals surface area contributed by atoms with Gasteiger partial charge in [0.25, 0.3) is 0 Å². The average molecular weight is 467 g/mol. The highest BCUT2D eigenvalue weighted by molar-refractivity contribution is 7.15. The Bertz CT molecular complexity index is 1150. The lowest BCUT2D eigenvalue weighted by atomic mass is 9.72. The highest BCUT2D eigenvalue weighted by Gasteiger charge is 2.45. The molecule has 8 heteroatoms. The summed E-state index contributed by atoms with van der Waals surface area (Å²) in [5.41, 5.74) is 2.87. The van der Waals surface area contributed by atoms with Crippen LogP contribution < -0.4 is 5.32 Å². The number of esters is 1. The lowest BCUT2D eigenvalue weighted by Crippen LogP contribution is -2.41. The van der Waals surface area contributed by atoms with Crippen molar-refractivity contribution < 1.29 is 14.6 Å². The number of benzene rings is 1. The van der Waals surface area contributed by atoms with Gasteiger partial charge < -0.3 is 15.2 Å². The van der Waals surface area contributed by atoms with Gasteiger partial charge in [-0.15, -0.1) is 11.3 Å². The van der Waals surface area contributed by atoms with Gasteiger partial charge in [0.1, 0.15) is 10.6 Å². The zero-order valence-electron chi connectivity index (χ0n) is 19.5. The molecule has 7 nitrogen and oxygen atoms in total. The number of aliphatic hydroxyl groups is 1. The minimum absolute atomic E-state index is 0.0899. The van der Waals surface area contributed by atoms with E-state index in [2.05, 4.69) is 26.3 Å². The third-order valence-corrected chi connectivity index (χ3v) is 7.45. The van der Waals surface area contributed by atoms with Crippen molar-refractivity contribution in [3.63, 3.8) is 0 Å². The Morgan fingerprint density at radius 1 is 1.30 bits per heavy atom. The molecule has 33 heavy (non-hydrogen) atoms. The van der Waals surface area contributed by atoms with E-state index in [9.17, 15) is 9.90 Å². The molecule has 0 saturated heterocycles. The van der Waals surface area contributed by atoms with Crippen LogP contribution in [0.25, 0.3) is 10.4 Å². The summed E-state index contributed by atoms with van der Waals surface area (Å²) in [4.78, 5) is 26.4. The van der Waals surface area contributed by atoms with Crippen LogP contribution in [0, 0.1) is 25.7 Å². The first-order valence-electron chi connectivity index (χ1n) is 11.3. The Hall–Kier alpha value is -2.84. The van der Waals surface area contributed by atoms with Crippen LogP contribution in [0.4, 0.5) is 11.6 Å². The first-order valence-corrected chi connectivity index (χ1v) is 12.1. The van der Waals surface area contributed by atoms with Gasteiger partial charge in [-0.2, -0.15) is 0 Å². The number of aryl methyl sites for hydroxylation is 2. The number of carbonyl (C=O) groups excluding carboxylic acids is 1. The largest absolute Gasteiger partial charge is 0.466 e. The van der Waals surface area contributed by atoms with Crippen molar-refractivity contribution >= 4 is 28.9 Å². The summed E-state index contributed by atoms with van der Waals surface area (Å²) >= 11 is 1.50. The van der Waals surface area contributed by atoms with Gasteiger partial charge in [-0.3, -0.25) is 4.79 Å². The van der Waals surface area contributed by atoms with Crippen molar-refractivity contribution in [3.05, 3.63) is 52.9 Å². The average Bonchev–Trinajstić information content (AvgIpc) is 3.27. The Labute approximate surface area is 198 Å². The predicted molar refractivity (Wildman–Crippen MR) is 129 cm³/mol. The van der Waals surface area contributed by atoms with Crippen LogP contribution in [-0.4, -0.2) is 32.6 Å². The fraction of sp³-hybridized carbons (Fsp3) is 0.440. The molecule has 174 valence electrons. The van der Waals surface area contributed by atoms with Gasteiger partial charge in [0, 0.05) is 23.8 Å². The third-order valence-electron chi connectivity index (χ3n) is 6.24. The zero-order valence-corrected chi connectivity index (χ0v) is 20.3. The fourth-order valence-corrected chi connectivity index (χ4v) is 5.55. The number of thiazole rings is 1. The molecule has 1 aromatic carbocycles. The van der Waals surface area contributed by atoms with Crippen molar-refractivity contribution in [2.24, 2.45) is 11.8 Å². The molecule has 1 aliphatic rings. The molecule has 3 atom stereocenters. The molecular formula is C25H30N4O3S. The summed E-state index contributed by atoms with van der Waals surface area (Å²) in [6.07, 6.45) is 5.25. The van der Waals surface area contributed by atoms with Gasteiger partial charge in [0.2, 0.25) is 5.95 Å². The number of nitrogens with one attached hydrogen (secondary N) is 1. The number of ether oxygens (including phenoxy) is 1. The van der Waals surface area contributed by atoms with E-state index >= 15 is 0 Å². The Balaban J connectivity index is 1.55. The molecule has 3 aromatic rings. The molecule has 2 aromatic heterocycles. The van der Waals surface area contributed by atoms with E-state index in [1.165, 1.54) is 11.3 Å². The van der Waals surface area contributed by atoms with E-state index in [1.54, 1.807) is 6.20 Å². The third kappa shape index (κ3) is 5.07. The second-order valence-electron chi connectivity index (χ2n) is 8.81. The first-order chi connectivity index (χ1) is 15.8. The summed E-state index contributed by atoms with van der Waals surface area (Å²) < 4.78 is 5.19. The smallest absolute Gasteiger partial charge is 0.308 e. The maximum absolute atomic E-state index is 12.2. The number of anilines is 2. The minimum Gasteiger partial charge on any atom is -0.466 e. The number of aromatic nitrogens is 3. The highest BCUT2D eigenvalue weighted by atomic mass is 32.1. The quantitative estimate of drug-likeness (QED) is 0.485. The minimum atomic E-state index is -1.04. The molecule has 0 aliphatic heterocycles. The Morgan fingerprint density at radius 3 is 2.85 bits per heavy atom. The van der Waals surface area contributed by atoms with Gasteiger partial charge in [-0.25, -0.2) is 15.0 Å². The number of hydrogen-bond acceptors (Lipinski definition) is 8. The fourth-order valence-electron chi connectivity index (χ4n) is 4.42. The van der Waals surface area contributed by atoms with E-state index in [-0.39, 0.29) is 17.8 Å². The second kappa shape index (κ2) is 9.57. The number of carbonyl (C=O) groups is 1. The first kappa shape index (κ1) is 23.3. The molecule has 1 saturated carbocycles. The summed E-state index contributed by atoms with van der Waals surface area (Å²) in [6, 6.07) is 8.05. The Kier molecular flexibility index (Phi) is 6.76. The van der Waals surface area contributed by atoms with Gasteiger partial charge in [-0.05, 0) is 75.3 Å². The number of rotatable bonds is 6. The van der Waals surface area contributed by atoms with E-state index in [1.807, 2.05) is 52.1 Å². The molecule has 0 spiro atoms. The summed E-state index contributed by atoms with van der Waals surface area (Å²) in [6.45, 7) is 8.16. The summed E-state index contributed by atoms with van der Waals surface area (Å²) in [5.74, 6) is 0.142. The van der Waals surface area contributed by atoms with Gasteiger partial charge in [-0.1, -0.05) is 13.0 Å². The lowest BCUT2D eigenvalue weighted by Gasteiger charge is -2.39. The molecule has 1 fully saturated rings. The molecule has 2 N–H and O–H groups in total. The zero-order chi connectivity index (χ0) is 23.6.